The van der Waals surface area contributed by atoms with E-state index in [0.29, 0.717) is 36.5 Å². The first-order chi connectivity index (χ1) is 25.2. The number of nitrogens with zero attached hydrogens (tertiary/aromatic N) is 7. The summed E-state index contributed by atoms with van der Waals surface area (Å²) in [7, 11) is 0. The van der Waals surface area contributed by atoms with Gasteiger partial charge in [-0.3, -0.25) is 23.8 Å². The number of aryl methyl sites for hydroxylation is 3. The Balaban J connectivity index is 0.905. The highest BCUT2D eigenvalue weighted by Gasteiger charge is 2.39. The Hall–Kier alpha value is -5.09. The number of aromatic nitrogens is 5. The minimum Gasteiger partial charge on any atom is -0.372 e. The van der Waals surface area contributed by atoms with Gasteiger partial charge in [-0.2, -0.15) is 5.10 Å². The molecule has 2 aromatic carbocycles. The molecule has 2 amide bonds. The number of fused-ring (bicyclic) bond motifs is 4. The number of thiophene rings is 1. The number of halogens is 1. The monoisotopic (exact) mass is 732 g/mol. The molecular formula is C39H37ClN8O3S. The normalized spacial score (nSPS) is 17.8. The number of benzene rings is 2. The fourth-order valence-electron chi connectivity index (χ4n) is 7.36. The van der Waals surface area contributed by atoms with Crippen LogP contribution in [-0.4, -0.2) is 64.3 Å². The van der Waals surface area contributed by atoms with Gasteiger partial charge in [0.2, 0.25) is 5.91 Å². The lowest BCUT2D eigenvalue weighted by Crippen LogP contribution is -2.55. The second-order valence-corrected chi connectivity index (χ2v) is 14.9. The van der Waals surface area contributed by atoms with Crippen molar-refractivity contribution in [3.63, 3.8) is 0 Å². The molecule has 1 saturated heterocycles. The van der Waals surface area contributed by atoms with Crippen molar-refractivity contribution in [3.05, 3.63) is 115 Å². The minimum absolute atomic E-state index is 0.0739. The van der Waals surface area contributed by atoms with Crippen LogP contribution in [0, 0.1) is 25.7 Å². The number of nitrogens with one attached hydrogen (secondary N) is 1. The molecule has 264 valence electrons. The van der Waals surface area contributed by atoms with Crippen LogP contribution in [0.2, 0.25) is 5.02 Å². The molecule has 6 heterocycles. The largest absolute Gasteiger partial charge is 0.372 e. The molecule has 3 aliphatic heterocycles. The van der Waals surface area contributed by atoms with Gasteiger partial charge < -0.3 is 15.3 Å². The number of rotatable bonds is 8. The van der Waals surface area contributed by atoms with Gasteiger partial charge in [0.05, 0.1) is 28.4 Å². The van der Waals surface area contributed by atoms with E-state index >= 15 is 0 Å². The Morgan fingerprint density at radius 2 is 1.90 bits per heavy atom. The van der Waals surface area contributed by atoms with Crippen LogP contribution in [0.15, 0.2) is 59.9 Å². The van der Waals surface area contributed by atoms with Gasteiger partial charge in [0.15, 0.2) is 5.82 Å². The third kappa shape index (κ3) is 6.45. The van der Waals surface area contributed by atoms with Crippen LogP contribution in [0.4, 0.5) is 0 Å². The summed E-state index contributed by atoms with van der Waals surface area (Å²) in [5.41, 5.74) is 7.76. The third-order valence-corrected chi connectivity index (χ3v) is 11.5. The quantitative estimate of drug-likeness (QED) is 0.160. The predicted molar refractivity (Wildman–Crippen MR) is 199 cm³/mol. The van der Waals surface area contributed by atoms with Crippen LogP contribution in [-0.2, 0) is 30.8 Å². The molecule has 5 aromatic rings. The Morgan fingerprint density at radius 1 is 1.06 bits per heavy atom. The first kappa shape index (κ1) is 34.0. The van der Waals surface area contributed by atoms with E-state index in [0.717, 1.165) is 87.3 Å². The number of hydrogen-bond donors (Lipinski definition) is 2. The highest BCUT2D eigenvalue weighted by molar-refractivity contribution is 7.15. The molecule has 3 aromatic heterocycles. The van der Waals surface area contributed by atoms with Crippen LogP contribution in [0.25, 0.3) is 5.00 Å². The molecule has 0 spiro atoms. The van der Waals surface area contributed by atoms with Crippen molar-refractivity contribution in [1.29, 1.82) is 0 Å². The highest BCUT2D eigenvalue weighted by Crippen LogP contribution is 2.37. The molecule has 8 rings (SSSR count). The van der Waals surface area contributed by atoms with E-state index in [1.165, 1.54) is 5.56 Å². The Kier molecular flexibility index (Phi) is 9.25. The van der Waals surface area contributed by atoms with Crippen molar-refractivity contribution < 1.29 is 14.7 Å². The molecule has 11 nitrogen and oxygen atoms in total. The summed E-state index contributed by atoms with van der Waals surface area (Å²) in [6.45, 7) is 5.74. The number of unbranched alkanes of at least 4 members (excludes halogenated alkanes) is 2. The standard InChI is InChI=1S/C39H37ClN8O3S/c1-23-32(52-39-35(23)36(27-11-13-28(40)14-12-27)41-20-33-45-44-24(2)48(33)39)16-10-25-19-42-46(21-25)18-5-3-4-7-26-8-6-9-29-30(26)22-47(38(29)51)31-15-17-34(49)43-37(31)50/h6,8-9,11-14,19,21,31,37,50H,3-5,7,15,17-18,20,22H2,1-2H3,(H,43,49). The molecule has 13 heteroatoms. The lowest BCUT2D eigenvalue weighted by molar-refractivity contribution is -0.129. The number of carbonyl (C=O) groups excluding carboxylic acids is 2. The van der Waals surface area contributed by atoms with Gasteiger partial charge in [-0.15, -0.1) is 21.5 Å². The summed E-state index contributed by atoms with van der Waals surface area (Å²) < 4.78 is 4.04. The molecule has 0 radical (unpaired) electrons. The molecule has 0 bridgehead atoms. The summed E-state index contributed by atoms with van der Waals surface area (Å²) in [6.07, 6.45) is 7.37. The van der Waals surface area contributed by atoms with Crippen LogP contribution >= 0.6 is 22.9 Å². The Bertz CT molecular complexity index is 2290. The number of hydrogen-bond acceptors (Lipinski definition) is 8. The molecule has 52 heavy (non-hydrogen) atoms. The second-order valence-electron chi connectivity index (χ2n) is 13.5. The maximum absolute atomic E-state index is 13.2. The topological polar surface area (TPSA) is 131 Å². The van der Waals surface area contributed by atoms with Crippen LogP contribution < -0.4 is 5.32 Å². The SMILES string of the molecule is Cc1c(C#Cc2cnn(CCCCCc3cccc4c3CN(C3CCC(=O)NC3O)C4=O)c2)sc2c1C(c1ccc(Cl)cc1)=NCc1nnc(C)n1-2. The van der Waals surface area contributed by atoms with Crippen molar-refractivity contribution in [2.24, 2.45) is 4.99 Å². The Morgan fingerprint density at radius 3 is 2.73 bits per heavy atom. The lowest BCUT2D eigenvalue weighted by atomic mass is 9.98. The lowest BCUT2D eigenvalue weighted by Gasteiger charge is -2.35. The summed E-state index contributed by atoms with van der Waals surface area (Å²) >= 11 is 7.83. The molecule has 0 saturated carbocycles. The van der Waals surface area contributed by atoms with Crippen LogP contribution in [0.1, 0.15) is 92.4 Å². The average molecular weight is 733 g/mol. The van der Waals surface area contributed by atoms with E-state index in [-0.39, 0.29) is 11.8 Å². The zero-order valence-corrected chi connectivity index (χ0v) is 30.5. The number of carbonyl (C=O) groups is 2. The summed E-state index contributed by atoms with van der Waals surface area (Å²) in [4.78, 5) is 32.5. The smallest absolute Gasteiger partial charge is 0.254 e. The van der Waals surface area contributed by atoms with Gasteiger partial charge in [0, 0.05) is 47.4 Å². The molecule has 2 unspecified atom stereocenters. The maximum Gasteiger partial charge on any atom is 0.254 e. The minimum atomic E-state index is -1.04. The number of amides is 2. The molecular weight excluding hydrogens is 696 g/mol. The van der Waals surface area contributed by atoms with E-state index in [2.05, 4.69) is 50.0 Å². The van der Waals surface area contributed by atoms with Gasteiger partial charge in [0.25, 0.3) is 5.91 Å². The highest BCUT2D eigenvalue weighted by atomic mass is 35.5. The van der Waals surface area contributed by atoms with E-state index in [4.69, 9.17) is 16.6 Å². The predicted octanol–water partition coefficient (Wildman–Crippen LogP) is 5.51. The van der Waals surface area contributed by atoms with E-state index in [1.54, 1.807) is 16.2 Å². The summed E-state index contributed by atoms with van der Waals surface area (Å²) in [5, 5.41) is 28.0. The molecule has 0 aliphatic carbocycles. The van der Waals surface area contributed by atoms with Gasteiger partial charge >= 0.3 is 0 Å². The van der Waals surface area contributed by atoms with Crippen molar-refractivity contribution in [3.8, 4) is 16.8 Å². The first-order valence-corrected chi connectivity index (χ1v) is 18.7. The fraction of sp³-hybridized carbons (Fsp3) is 0.333. The average Bonchev–Trinajstić information content (AvgIpc) is 3.88. The fourth-order valence-corrected chi connectivity index (χ4v) is 8.72. The van der Waals surface area contributed by atoms with Crippen molar-refractivity contribution >= 4 is 40.5 Å². The zero-order chi connectivity index (χ0) is 35.9. The second kappa shape index (κ2) is 14.1. The molecule has 2 atom stereocenters. The van der Waals surface area contributed by atoms with Crippen molar-refractivity contribution in [2.75, 3.05) is 0 Å². The Labute approximate surface area is 310 Å². The van der Waals surface area contributed by atoms with E-state index in [1.807, 2.05) is 60.4 Å². The van der Waals surface area contributed by atoms with Crippen LogP contribution in [0.5, 0.6) is 0 Å². The maximum atomic E-state index is 13.2. The number of piperidine rings is 1. The van der Waals surface area contributed by atoms with E-state index in [9.17, 15) is 14.7 Å². The molecule has 2 N–H and O–H groups in total. The first-order valence-electron chi connectivity index (χ1n) is 17.5. The van der Waals surface area contributed by atoms with Crippen molar-refractivity contribution in [2.45, 2.75) is 84.3 Å². The van der Waals surface area contributed by atoms with Gasteiger partial charge in [-0.05, 0) is 74.4 Å². The number of aliphatic hydroxyl groups is 1. The van der Waals surface area contributed by atoms with Gasteiger partial charge in [-0.25, -0.2) is 0 Å². The van der Waals surface area contributed by atoms with E-state index < -0.39 is 12.3 Å². The van der Waals surface area contributed by atoms with Gasteiger partial charge in [0.1, 0.15) is 23.6 Å². The number of aliphatic imine (C=N–C) groups is 1. The number of aliphatic hydroxyl groups excluding tert-OH is 1. The van der Waals surface area contributed by atoms with Crippen molar-refractivity contribution in [1.82, 2.24) is 34.8 Å². The zero-order valence-electron chi connectivity index (χ0n) is 28.9. The summed E-state index contributed by atoms with van der Waals surface area (Å²) in [5.74, 6) is 8.11. The molecule has 3 aliphatic rings. The summed E-state index contributed by atoms with van der Waals surface area (Å²) in [6, 6.07) is 13.3. The van der Waals surface area contributed by atoms with Gasteiger partial charge in [-0.1, -0.05) is 54.1 Å². The van der Waals surface area contributed by atoms with Crippen LogP contribution in [0.3, 0.4) is 0 Å². The third-order valence-electron chi connectivity index (χ3n) is 10.1. The molecule has 1 fully saturated rings.